The number of phenols is 1. The van der Waals surface area contributed by atoms with Gasteiger partial charge in [0.25, 0.3) is 0 Å². The smallest absolute Gasteiger partial charge is 0.245 e. The molecule has 0 radical (unpaired) electrons. The maximum atomic E-state index is 14.8. The van der Waals surface area contributed by atoms with Gasteiger partial charge in [0.2, 0.25) is 47.3 Å². The van der Waals surface area contributed by atoms with Gasteiger partial charge in [0.05, 0.1) is 18.2 Å². The second-order valence-electron chi connectivity index (χ2n) is 19.1. The molecule has 77 heavy (non-hydrogen) atoms. The third-order valence-electron chi connectivity index (χ3n) is 12.2. The molecule has 0 aliphatic heterocycles. The Kier molecular flexibility index (Phi) is 23.6. The van der Waals surface area contributed by atoms with Crippen LogP contribution in [0.15, 0.2) is 90.1 Å². The minimum Gasteiger partial charge on any atom is -0.508 e. The number of phenolic OH excluding ortho intramolecular Hbond substituents is 1. The number of aliphatic imine (C=N–C) groups is 1. The first-order valence-electron chi connectivity index (χ1n) is 24.6. The van der Waals surface area contributed by atoms with Crippen LogP contribution in [-0.2, 0) is 57.6 Å². The monoisotopic (exact) mass is 1110 g/mol. The molecule has 4 aromatic rings. The summed E-state index contributed by atoms with van der Waals surface area (Å²) in [5.74, 6) is -7.94. The Morgan fingerprint density at radius 3 is 1.71 bits per heavy atom. The van der Waals surface area contributed by atoms with Gasteiger partial charge in [-0.2, -0.15) is 25.3 Å². The van der Waals surface area contributed by atoms with Crippen LogP contribution in [0.4, 0.5) is 0 Å². The number of primary amides is 1. The first-order chi connectivity index (χ1) is 36.3. The van der Waals surface area contributed by atoms with E-state index >= 15 is 0 Å². The van der Waals surface area contributed by atoms with Crippen molar-refractivity contribution in [2.45, 2.75) is 125 Å². The number of thiol groups is 2. The summed E-state index contributed by atoms with van der Waals surface area (Å²) in [6.07, 6.45) is -1.72. The van der Waals surface area contributed by atoms with Crippen LogP contribution in [0.2, 0.25) is 0 Å². The van der Waals surface area contributed by atoms with E-state index in [0.717, 1.165) is 5.56 Å². The molecule has 4 rings (SSSR count). The second-order valence-corrected chi connectivity index (χ2v) is 20.6. The molecule has 10 atom stereocenters. The lowest BCUT2D eigenvalue weighted by atomic mass is 9.99. The van der Waals surface area contributed by atoms with Gasteiger partial charge in [0.1, 0.15) is 48.0 Å². The number of carbonyl (C=O) groups excluding carboxylic acids is 8. The Labute approximate surface area is 456 Å². The number of para-hydroxylation sites is 1. The number of fused-ring (bicyclic) bond motifs is 1. The molecule has 418 valence electrons. The zero-order chi connectivity index (χ0) is 57.1. The number of rotatable bonds is 29. The number of aromatic nitrogens is 1. The second kappa shape index (κ2) is 29.2. The molecule has 1 heterocycles. The highest BCUT2D eigenvalue weighted by atomic mass is 32.1. The van der Waals surface area contributed by atoms with Crippen LogP contribution in [0.25, 0.3) is 10.9 Å². The van der Waals surface area contributed by atoms with Crippen molar-refractivity contribution in [3.8, 4) is 5.75 Å². The quantitative estimate of drug-likeness (QED) is 0.0116. The zero-order valence-electron chi connectivity index (χ0n) is 43.1. The van der Waals surface area contributed by atoms with Crippen molar-refractivity contribution in [3.63, 3.8) is 0 Å². The van der Waals surface area contributed by atoms with Crippen LogP contribution in [0.5, 0.6) is 5.75 Å². The Balaban J connectivity index is 1.67. The van der Waals surface area contributed by atoms with E-state index in [0.29, 0.717) is 22.0 Å². The van der Waals surface area contributed by atoms with Gasteiger partial charge in [-0.05, 0) is 81.8 Å². The number of aliphatic hydroxyl groups is 2. The van der Waals surface area contributed by atoms with E-state index in [-0.39, 0.29) is 56.1 Å². The number of amides is 8. The molecule has 24 nitrogen and oxygen atoms in total. The number of aromatic amines is 1. The van der Waals surface area contributed by atoms with Gasteiger partial charge in [-0.3, -0.25) is 43.3 Å². The van der Waals surface area contributed by atoms with E-state index in [1.54, 1.807) is 54.7 Å². The van der Waals surface area contributed by atoms with Crippen LogP contribution >= 0.6 is 25.3 Å². The Hall–Kier alpha value is -7.39. The molecule has 3 aromatic carbocycles. The molecule has 0 fully saturated rings. The number of hydrogen-bond acceptors (Lipinski definition) is 15. The standard InChI is InChI=1S/C51H71N13O11S2/c1-26(65)39(42(53)68)62-49(75)41(51(3,4)77)64-48(74)40(27(2)66)63-44(70)35(15-10-20-56-50(54)55)58-46(72)37(23-30-24-57-34-14-9-8-13-32(30)34)60-45(71)36(22-29-16-18-31(67)19-17-29)59-47(73)38(25-76)61-43(69)33(52)21-28-11-6-5-7-12-28/h5-9,11-14,16-19,24,26-27,33,35-41,57,65-67,76-77H,10,15,20-23,25,52H2,1-4H3,(H2,53,68)(H,58,72)(H,59,73)(H,60,71)(H,61,69)(H,62,75)(H,63,70)(H,64,74)(H4,54,55,56)/t26-,27-,33+,35+,36+,37-,38+,39+,40+,41-/m1/s1. The Morgan fingerprint density at radius 2 is 1.14 bits per heavy atom. The summed E-state index contributed by atoms with van der Waals surface area (Å²) in [5.41, 5.74) is 25.2. The van der Waals surface area contributed by atoms with Crippen molar-refractivity contribution in [1.29, 1.82) is 0 Å². The van der Waals surface area contributed by atoms with Crippen LogP contribution in [0.3, 0.4) is 0 Å². The van der Waals surface area contributed by atoms with E-state index in [4.69, 9.17) is 22.9 Å². The van der Waals surface area contributed by atoms with Gasteiger partial charge in [-0.1, -0.05) is 60.7 Å². The fraction of sp³-hybridized carbons (Fsp3) is 0.431. The molecule has 0 saturated carbocycles. The number of aliphatic hydroxyl groups excluding tert-OH is 2. The van der Waals surface area contributed by atoms with Crippen LogP contribution in [0.1, 0.15) is 57.2 Å². The van der Waals surface area contributed by atoms with E-state index in [2.05, 4.69) is 72.5 Å². The van der Waals surface area contributed by atoms with Gasteiger partial charge in [-0.25, -0.2) is 0 Å². The number of hydrogen-bond donors (Lipinski definition) is 17. The molecule has 0 bridgehead atoms. The average Bonchev–Trinajstić information content (AvgIpc) is 3.78. The maximum absolute atomic E-state index is 14.8. The highest BCUT2D eigenvalue weighted by molar-refractivity contribution is 7.81. The molecular weight excluding hydrogens is 1030 g/mol. The normalized spacial score (nSPS) is 15.3. The maximum Gasteiger partial charge on any atom is 0.245 e. The van der Waals surface area contributed by atoms with E-state index in [1.807, 2.05) is 6.07 Å². The van der Waals surface area contributed by atoms with Gasteiger partial charge in [0, 0.05) is 47.0 Å². The van der Waals surface area contributed by atoms with Crippen LogP contribution < -0.4 is 60.2 Å². The van der Waals surface area contributed by atoms with Crippen molar-refractivity contribution < 1.29 is 53.7 Å². The fourth-order valence-electron chi connectivity index (χ4n) is 7.95. The summed E-state index contributed by atoms with van der Waals surface area (Å²) in [6, 6.07) is 10.3. The van der Waals surface area contributed by atoms with Gasteiger partial charge >= 0.3 is 0 Å². The van der Waals surface area contributed by atoms with Gasteiger partial charge in [-0.15, -0.1) is 0 Å². The molecule has 0 unspecified atom stereocenters. The average molecular weight is 1110 g/mol. The molecule has 0 saturated heterocycles. The third-order valence-corrected chi connectivity index (χ3v) is 12.8. The number of guanidine groups is 1. The minimum absolute atomic E-state index is 0.0181. The zero-order valence-corrected chi connectivity index (χ0v) is 44.9. The van der Waals surface area contributed by atoms with Crippen molar-refractivity contribution in [2.24, 2.45) is 27.9 Å². The highest BCUT2D eigenvalue weighted by Gasteiger charge is 2.40. The highest BCUT2D eigenvalue weighted by Crippen LogP contribution is 2.21. The fourth-order valence-corrected chi connectivity index (χ4v) is 8.39. The molecule has 8 amide bonds. The number of carbonyl (C=O) groups is 8. The minimum atomic E-state index is -1.79. The number of nitrogens with one attached hydrogen (secondary N) is 8. The summed E-state index contributed by atoms with van der Waals surface area (Å²) in [6.45, 7) is 5.29. The SMILES string of the molecule is C[C@@H](O)[C@H](NC(=O)[C@@H](NC(=O)[C@@H](NC(=O)[C@H](CCCN=C(N)N)NC(=O)[C@@H](Cc1c[nH]c2ccccc12)NC(=O)[C@H](Cc1ccc(O)cc1)NC(=O)[C@H](CS)NC(=O)[C@@H](N)Cc1ccccc1)[C@@H](C)O)C(C)(C)S)C(N)=O. The van der Waals surface area contributed by atoms with Crippen molar-refractivity contribution in [2.75, 3.05) is 12.3 Å². The van der Waals surface area contributed by atoms with Gasteiger partial charge < -0.3 is 80.5 Å². The van der Waals surface area contributed by atoms with Crippen molar-refractivity contribution in [3.05, 3.63) is 102 Å². The summed E-state index contributed by atoms with van der Waals surface area (Å²) >= 11 is 8.75. The van der Waals surface area contributed by atoms with Crippen molar-refractivity contribution >= 4 is 89.4 Å². The predicted octanol–water partition coefficient (Wildman–Crippen LogP) is -2.44. The summed E-state index contributed by atoms with van der Waals surface area (Å²) in [4.78, 5) is 118. The van der Waals surface area contributed by atoms with Crippen LogP contribution in [0, 0.1) is 0 Å². The Morgan fingerprint density at radius 1 is 0.623 bits per heavy atom. The Bertz CT molecular complexity index is 2700. The molecule has 26 heteroatoms. The van der Waals surface area contributed by atoms with Crippen molar-refractivity contribution in [1.82, 2.24) is 42.2 Å². The largest absolute Gasteiger partial charge is 0.508 e. The number of nitrogens with zero attached hydrogens (tertiary/aromatic N) is 1. The lowest BCUT2D eigenvalue weighted by Crippen LogP contribution is -2.64. The number of aromatic hydroxyl groups is 1. The molecule has 0 spiro atoms. The predicted molar refractivity (Wildman–Crippen MR) is 295 cm³/mol. The number of nitrogens with two attached hydrogens (primary N) is 4. The first-order valence-corrected chi connectivity index (χ1v) is 25.7. The molecular formula is C51H71N13O11S2. The lowest BCUT2D eigenvalue weighted by molar-refractivity contribution is -0.137. The number of H-pyrrole nitrogens is 1. The van der Waals surface area contributed by atoms with E-state index in [9.17, 15) is 53.7 Å². The molecule has 0 aliphatic rings. The summed E-state index contributed by atoms with van der Waals surface area (Å²) in [7, 11) is 0. The summed E-state index contributed by atoms with van der Waals surface area (Å²) in [5, 5.41) is 49.5. The first kappa shape index (κ1) is 62.2. The molecule has 19 N–H and O–H groups in total. The lowest BCUT2D eigenvalue weighted by Gasteiger charge is -2.33. The van der Waals surface area contributed by atoms with E-state index < -0.39 is 113 Å². The number of benzene rings is 3. The van der Waals surface area contributed by atoms with Crippen LogP contribution in [-0.4, -0.2) is 151 Å². The van der Waals surface area contributed by atoms with E-state index in [1.165, 1.54) is 52.0 Å². The molecule has 1 aromatic heterocycles. The third kappa shape index (κ3) is 19.3. The molecule has 0 aliphatic carbocycles. The topological polar surface area (TPSA) is 414 Å². The van der Waals surface area contributed by atoms with Gasteiger partial charge in [0.15, 0.2) is 5.96 Å². The summed E-state index contributed by atoms with van der Waals surface area (Å²) < 4.78 is -1.35.